The van der Waals surface area contributed by atoms with Crippen LogP contribution in [0.1, 0.15) is 15.9 Å². The van der Waals surface area contributed by atoms with E-state index in [1.54, 1.807) is 37.0 Å². The zero-order valence-corrected chi connectivity index (χ0v) is 16.4. The molecule has 2 aromatic carbocycles. The summed E-state index contributed by atoms with van der Waals surface area (Å²) in [6.07, 6.45) is 1.95. The molecule has 0 saturated carbocycles. The first-order chi connectivity index (χ1) is 11.8. The van der Waals surface area contributed by atoms with Crippen LogP contribution in [0, 0.1) is 6.92 Å². The van der Waals surface area contributed by atoms with Gasteiger partial charge < -0.3 is 10.2 Å². The lowest BCUT2D eigenvalue weighted by atomic mass is 10.1. The number of nitrogens with one attached hydrogen (secondary N) is 1. The zero-order chi connectivity index (χ0) is 18.6. The Kier molecular flexibility index (Phi) is 6.76. The first-order valence-electron chi connectivity index (χ1n) is 7.47. The quantitative estimate of drug-likeness (QED) is 0.742. The lowest BCUT2D eigenvalue weighted by Gasteiger charge is -2.19. The summed E-state index contributed by atoms with van der Waals surface area (Å²) in [4.78, 5) is 27.2. The Bertz CT molecular complexity index is 791. The lowest BCUT2D eigenvalue weighted by Crippen LogP contribution is -2.35. The summed E-state index contributed by atoms with van der Waals surface area (Å²) in [5.74, 6) is -0.585. The fraction of sp³-hybridized carbons (Fsp3) is 0.222. The van der Waals surface area contributed by atoms with E-state index in [9.17, 15) is 9.59 Å². The van der Waals surface area contributed by atoms with Gasteiger partial charge in [-0.1, -0.05) is 35.3 Å². The van der Waals surface area contributed by atoms with Gasteiger partial charge in [0.25, 0.3) is 5.91 Å². The average molecular weight is 397 g/mol. The van der Waals surface area contributed by atoms with Gasteiger partial charge in [0.15, 0.2) is 0 Å². The van der Waals surface area contributed by atoms with E-state index in [1.807, 2.05) is 31.4 Å². The number of halogens is 2. The lowest BCUT2D eigenvalue weighted by molar-refractivity contribution is -0.116. The molecule has 0 radical (unpaired) electrons. The molecule has 0 aromatic heterocycles. The zero-order valence-electron chi connectivity index (χ0n) is 14.1. The second-order valence-electron chi connectivity index (χ2n) is 5.49. The Labute approximate surface area is 161 Å². The Morgan fingerprint density at radius 3 is 2.40 bits per heavy atom. The minimum atomic E-state index is -0.371. The van der Waals surface area contributed by atoms with Crippen molar-refractivity contribution in [1.82, 2.24) is 4.90 Å². The predicted octanol–water partition coefficient (Wildman–Crippen LogP) is 4.73. The molecule has 0 unspecified atom stereocenters. The van der Waals surface area contributed by atoms with Crippen molar-refractivity contribution in [3.8, 4) is 0 Å². The molecule has 2 rings (SSSR count). The minimum absolute atomic E-state index is 0.108. The molecule has 0 saturated heterocycles. The molecule has 7 heteroatoms. The summed E-state index contributed by atoms with van der Waals surface area (Å²) in [6.45, 7) is 1.76. The number of amides is 2. The number of aryl methyl sites for hydroxylation is 1. The molecule has 0 atom stereocenters. The second kappa shape index (κ2) is 8.61. The third-order valence-corrected chi connectivity index (χ3v) is 4.99. The van der Waals surface area contributed by atoms with Crippen LogP contribution in [0.2, 0.25) is 10.0 Å². The number of hydrogen-bond donors (Lipinski definition) is 1. The first-order valence-corrected chi connectivity index (χ1v) is 9.45. The van der Waals surface area contributed by atoms with Gasteiger partial charge in [0.1, 0.15) is 0 Å². The fourth-order valence-electron chi connectivity index (χ4n) is 2.25. The largest absolute Gasteiger partial charge is 0.332 e. The Morgan fingerprint density at radius 1 is 1.16 bits per heavy atom. The van der Waals surface area contributed by atoms with E-state index in [4.69, 9.17) is 23.2 Å². The predicted molar refractivity (Wildman–Crippen MR) is 105 cm³/mol. The summed E-state index contributed by atoms with van der Waals surface area (Å²) in [7, 11) is 1.58. The monoisotopic (exact) mass is 396 g/mol. The van der Waals surface area contributed by atoms with E-state index in [-0.39, 0.29) is 18.4 Å². The molecular formula is C18H18Cl2N2O2S. The minimum Gasteiger partial charge on any atom is -0.332 e. The molecular weight excluding hydrogens is 379 g/mol. The van der Waals surface area contributed by atoms with Crippen molar-refractivity contribution in [2.45, 2.75) is 11.8 Å². The number of nitrogens with zero attached hydrogens (tertiary/aromatic N) is 1. The third-order valence-electron chi connectivity index (χ3n) is 3.63. The van der Waals surface area contributed by atoms with Crippen molar-refractivity contribution >= 4 is 52.5 Å². The maximum Gasteiger partial charge on any atom is 0.254 e. The van der Waals surface area contributed by atoms with Gasteiger partial charge in [0, 0.05) is 17.5 Å². The van der Waals surface area contributed by atoms with Gasteiger partial charge in [0.05, 0.1) is 22.3 Å². The average Bonchev–Trinajstić information content (AvgIpc) is 2.58. The number of carbonyl (C=O) groups excluding carboxylic acids is 2. The fourth-order valence-corrected chi connectivity index (χ4v) is 3.18. The summed E-state index contributed by atoms with van der Waals surface area (Å²) >= 11 is 13.6. The number of anilines is 1. The molecule has 4 nitrogen and oxygen atoms in total. The number of likely N-dealkylation sites (N-methyl/N-ethyl adjacent to an activating group) is 1. The van der Waals surface area contributed by atoms with Crippen molar-refractivity contribution in [2.75, 3.05) is 25.2 Å². The third kappa shape index (κ3) is 4.91. The number of hydrogen-bond acceptors (Lipinski definition) is 3. The van der Waals surface area contributed by atoms with Crippen LogP contribution < -0.4 is 5.32 Å². The number of para-hydroxylation sites is 1. The van der Waals surface area contributed by atoms with Crippen LogP contribution in [0.5, 0.6) is 0 Å². The van der Waals surface area contributed by atoms with Crippen molar-refractivity contribution in [3.63, 3.8) is 0 Å². The van der Waals surface area contributed by atoms with Crippen LogP contribution in [-0.4, -0.2) is 36.6 Å². The van der Waals surface area contributed by atoms with E-state index in [2.05, 4.69) is 5.32 Å². The number of carbonyl (C=O) groups is 2. The second-order valence-corrected chi connectivity index (χ2v) is 7.18. The highest BCUT2D eigenvalue weighted by atomic mass is 35.5. The van der Waals surface area contributed by atoms with Gasteiger partial charge >= 0.3 is 0 Å². The molecule has 0 spiro atoms. The van der Waals surface area contributed by atoms with Crippen LogP contribution in [0.15, 0.2) is 41.3 Å². The highest BCUT2D eigenvalue weighted by Gasteiger charge is 2.18. The van der Waals surface area contributed by atoms with Gasteiger partial charge in [-0.15, -0.1) is 11.8 Å². The Balaban J connectivity index is 2.10. The van der Waals surface area contributed by atoms with Crippen LogP contribution in [-0.2, 0) is 4.79 Å². The van der Waals surface area contributed by atoms with E-state index < -0.39 is 0 Å². The smallest absolute Gasteiger partial charge is 0.254 e. The molecule has 0 aliphatic rings. The van der Waals surface area contributed by atoms with Crippen molar-refractivity contribution in [1.29, 1.82) is 0 Å². The summed E-state index contributed by atoms with van der Waals surface area (Å²) < 4.78 is 0. The summed E-state index contributed by atoms with van der Waals surface area (Å²) in [5.41, 5.74) is 1.79. The standard InChI is InChI=1S/C18H18Cl2N2O2S/c1-11-7-8-12(25-3)9-13(11)18(24)22(2)10-16(23)21-17-14(19)5-4-6-15(17)20/h4-9H,10H2,1-3H3,(H,21,23). The molecule has 0 bridgehead atoms. The number of benzene rings is 2. The van der Waals surface area contributed by atoms with E-state index in [0.29, 0.717) is 21.3 Å². The highest BCUT2D eigenvalue weighted by molar-refractivity contribution is 7.98. The normalized spacial score (nSPS) is 10.4. The molecule has 1 N–H and O–H groups in total. The summed E-state index contributed by atoms with van der Waals surface area (Å²) in [5, 5.41) is 3.34. The van der Waals surface area contributed by atoms with Gasteiger partial charge in [-0.05, 0) is 43.0 Å². The van der Waals surface area contributed by atoms with Crippen LogP contribution >= 0.6 is 35.0 Å². The Morgan fingerprint density at radius 2 is 1.80 bits per heavy atom. The number of rotatable bonds is 5. The van der Waals surface area contributed by atoms with Crippen molar-refractivity contribution in [3.05, 3.63) is 57.6 Å². The molecule has 0 heterocycles. The van der Waals surface area contributed by atoms with E-state index in [1.165, 1.54) is 4.90 Å². The Hall–Kier alpha value is -1.69. The van der Waals surface area contributed by atoms with Crippen molar-refractivity contribution < 1.29 is 9.59 Å². The molecule has 2 amide bonds. The van der Waals surface area contributed by atoms with Gasteiger partial charge in [-0.3, -0.25) is 9.59 Å². The molecule has 2 aromatic rings. The van der Waals surface area contributed by atoms with Crippen LogP contribution in [0.3, 0.4) is 0 Å². The molecule has 0 aliphatic carbocycles. The SMILES string of the molecule is CSc1ccc(C)c(C(=O)N(C)CC(=O)Nc2c(Cl)cccc2Cl)c1. The first kappa shape index (κ1) is 19.6. The van der Waals surface area contributed by atoms with Crippen LogP contribution in [0.25, 0.3) is 0 Å². The van der Waals surface area contributed by atoms with Crippen molar-refractivity contribution in [2.24, 2.45) is 0 Å². The van der Waals surface area contributed by atoms with Gasteiger partial charge in [-0.2, -0.15) is 0 Å². The van der Waals surface area contributed by atoms with Gasteiger partial charge in [0.2, 0.25) is 5.91 Å². The highest BCUT2D eigenvalue weighted by Crippen LogP contribution is 2.29. The van der Waals surface area contributed by atoms with Crippen LogP contribution in [0.4, 0.5) is 5.69 Å². The topological polar surface area (TPSA) is 49.4 Å². The molecule has 0 aliphatic heterocycles. The van der Waals surface area contributed by atoms with E-state index in [0.717, 1.165) is 10.5 Å². The van der Waals surface area contributed by atoms with E-state index >= 15 is 0 Å². The van der Waals surface area contributed by atoms with Gasteiger partial charge in [-0.25, -0.2) is 0 Å². The molecule has 25 heavy (non-hydrogen) atoms. The maximum absolute atomic E-state index is 12.6. The molecule has 132 valence electrons. The maximum atomic E-state index is 12.6. The molecule has 0 fully saturated rings. The summed E-state index contributed by atoms with van der Waals surface area (Å²) in [6, 6.07) is 10.7. The number of thioether (sulfide) groups is 1.